The lowest BCUT2D eigenvalue weighted by molar-refractivity contribution is 0.181. The van der Waals surface area contributed by atoms with Crippen LogP contribution in [0.2, 0.25) is 0 Å². The van der Waals surface area contributed by atoms with E-state index in [1.165, 1.54) is 6.07 Å². The number of methoxy groups -OCH3 is 1. The van der Waals surface area contributed by atoms with E-state index in [2.05, 4.69) is 26.3 Å². The first-order valence-electron chi connectivity index (χ1n) is 7.65. The molecule has 2 N–H and O–H groups in total. The smallest absolute Gasteiger partial charge is 0.252 e. The molecule has 1 saturated heterocycles. The lowest BCUT2D eigenvalue weighted by Gasteiger charge is -2.18. The molecule has 2 aromatic rings. The van der Waals surface area contributed by atoms with Gasteiger partial charge in [0.25, 0.3) is 5.56 Å². The van der Waals surface area contributed by atoms with Gasteiger partial charge in [0.1, 0.15) is 11.9 Å². The van der Waals surface area contributed by atoms with Crippen LogP contribution in [0, 0.1) is 11.3 Å². The Labute approximate surface area is 139 Å². The van der Waals surface area contributed by atoms with Crippen molar-refractivity contribution in [1.82, 2.24) is 15.0 Å². The number of hydrogen-bond acceptors (Lipinski definition) is 7. The Bertz CT molecular complexity index is 813. The van der Waals surface area contributed by atoms with Gasteiger partial charge in [-0.25, -0.2) is 9.97 Å². The molecule has 3 heterocycles. The Hall–Kier alpha value is -2.92. The molecule has 0 saturated carbocycles. The molecule has 2 aromatic heterocycles. The fourth-order valence-corrected chi connectivity index (χ4v) is 2.74. The molecule has 124 valence electrons. The van der Waals surface area contributed by atoms with Crippen molar-refractivity contribution in [3.8, 4) is 6.07 Å². The normalized spacial score (nSPS) is 16.8. The van der Waals surface area contributed by atoms with Crippen LogP contribution < -0.4 is 15.8 Å². The van der Waals surface area contributed by atoms with E-state index >= 15 is 0 Å². The SMILES string of the molecule is COCc1cc(=O)[nH]c(N2CCC(Nc3ncccc3C#N)C2)n1. The molecule has 1 aliphatic rings. The number of nitrogens with zero attached hydrogens (tertiary/aromatic N) is 4. The van der Waals surface area contributed by atoms with E-state index in [1.807, 2.05) is 4.90 Å². The molecule has 3 rings (SSSR count). The summed E-state index contributed by atoms with van der Waals surface area (Å²) in [6, 6.07) is 7.16. The van der Waals surface area contributed by atoms with Crippen molar-refractivity contribution in [3.63, 3.8) is 0 Å². The number of aromatic amines is 1. The van der Waals surface area contributed by atoms with Gasteiger partial charge >= 0.3 is 0 Å². The average Bonchev–Trinajstić information content (AvgIpc) is 3.04. The van der Waals surface area contributed by atoms with Gasteiger partial charge in [-0.15, -0.1) is 0 Å². The Morgan fingerprint density at radius 1 is 1.58 bits per heavy atom. The highest BCUT2D eigenvalue weighted by atomic mass is 16.5. The third-order valence-electron chi connectivity index (χ3n) is 3.83. The van der Waals surface area contributed by atoms with E-state index in [9.17, 15) is 4.79 Å². The number of nitrogens with one attached hydrogen (secondary N) is 2. The number of nitriles is 1. The number of anilines is 2. The molecule has 0 aliphatic carbocycles. The van der Waals surface area contributed by atoms with Gasteiger partial charge < -0.3 is 15.0 Å². The molecule has 8 nitrogen and oxygen atoms in total. The molecule has 8 heteroatoms. The zero-order valence-electron chi connectivity index (χ0n) is 13.3. The van der Waals surface area contributed by atoms with Crippen LogP contribution in [-0.2, 0) is 11.3 Å². The lowest BCUT2D eigenvalue weighted by atomic mass is 10.2. The fraction of sp³-hybridized carbons (Fsp3) is 0.375. The minimum absolute atomic E-state index is 0.128. The minimum Gasteiger partial charge on any atom is -0.378 e. The Morgan fingerprint density at radius 3 is 3.25 bits per heavy atom. The first kappa shape index (κ1) is 16.0. The fourth-order valence-electron chi connectivity index (χ4n) is 2.74. The minimum atomic E-state index is -0.194. The number of pyridine rings is 1. The van der Waals surface area contributed by atoms with Gasteiger partial charge in [0.15, 0.2) is 0 Å². The number of ether oxygens (including phenoxy) is 1. The highest BCUT2D eigenvalue weighted by molar-refractivity contribution is 5.52. The van der Waals surface area contributed by atoms with Crippen LogP contribution in [0.5, 0.6) is 0 Å². The molecule has 0 radical (unpaired) electrons. The average molecular weight is 326 g/mol. The predicted octanol–water partition coefficient (Wildman–Crippen LogP) is 0.874. The van der Waals surface area contributed by atoms with Crippen molar-refractivity contribution in [2.24, 2.45) is 0 Å². The molecule has 0 aromatic carbocycles. The maximum absolute atomic E-state index is 11.8. The monoisotopic (exact) mass is 326 g/mol. The lowest BCUT2D eigenvalue weighted by Crippen LogP contribution is -2.29. The van der Waals surface area contributed by atoms with Crippen LogP contribution in [0.25, 0.3) is 0 Å². The van der Waals surface area contributed by atoms with E-state index in [0.29, 0.717) is 36.2 Å². The van der Waals surface area contributed by atoms with E-state index in [0.717, 1.165) is 13.0 Å². The van der Waals surface area contributed by atoms with Crippen LogP contribution >= 0.6 is 0 Å². The van der Waals surface area contributed by atoms with Crippen molar-refractivity contribution >= 4 is 11.8 Å². The first-order chi connectivity index (χ1) is 11.7. The second kappa shape index (κ2) is 7.10. The molecule has 0 bridgehead atoms. The van der Waals surface area contributed by atoms with Gasteiger partial charge in [0.05, 0.1) is 17.9 Å². The molecule has 24 heavy (non-hydrogen) atoms. The van der Waals surface area contributed by atoms with Crippen LogP contribution in [0.3, 0.4) is 0 Å². The van der Waals surface area contributed by atoms with Crippen molar-refractivity contribution in [2.75, 3.05) is 30.4 Å². The largest absolute Gasteiger partial charge is 0.378 e. The van der Waals surface area contributed by atoms with Crippen molar-refractivity contribution < 1.29 is 4.74 Å². The Kier molecular flexibility index (Phi) is 4.72. The van der Waals surface area contributed by atoms with E-state index in [4.69, 9.17) is 10.00 Å². The summed E-state index contributed by atoms with van der Waals surface area (Å²) >= 11 is 0. The summed E-state index contributed by atoms with van der Waals surface area (Å²) < 4.78 is 5.04. The van der Waals surface area contributed by atoms with Crippen molar-refractivity contribution in [2.45, 2.75) is 19.1 Å². The quantitative estimate of drug-likeness (QED) is 0.839. The van der Waals surface area contributed by atoms with Crippen molar-refractivity contribution in [3.05, 3.63) is 46.0 Å². The predicted molar refractivity (Wildman–Crippen MR) is 88.8 cm³/mol. The maximum atomic E-state index is 11.8. The van der Waals surface area contributed by atoms with Crippen LogP contribution in [-0.4, -0.2) is 41.2 Å². The summed E-state index contributed by atoms with van der Waals surface area (Å²) in [6.45, 7) is 1.72. The van der Waals surface area contributed by atoms with Gasteiger partial charge in [0.2, 0.25) is 5.95 Å². The molecule has 1 unspecified atom stereocenters. The van der Waals surface area contributed by atoms with E-state index in [-0.39, 0.29) is 11.6 Å². The molecule has 1 fully saturated rings. The molecular weight excluding hydrogens is 308 g/mol. The summed E-state index contributed by atoms with van der Waals surface area (Å²) in [5, 5.41) is 12.4. The van der Waals surface area contributed by atoms with Crippen LogP contribution in [0.1, 0.15) is 17.7 Å². The zero-order valence-corrected chi connectivity index (χ0v) is 13.3. The molecule has 0 amide bonds. The van der Waals surface area contributed by atoms with Crippen molar-refractivity contribution in [1.29, 1.82) is 5.26 Å². The third-order valence-corrected chi connectivity index (χ3v) is 3.83. The number of H-pyrrole nitrogens is 1. The molecule has 1 atom stereocenters. The van der Waals surface area contributed by atoms with Gasteiger partial charge in [-0.05, 0) is 18.6 Å². The highest BCUT2D eigenvalue weighted by Gasteiger charge is 2.25. The van der Waals surface area contributed by atoms with Crippen LogP contribution in [0.4, 0.5) is 11.8 Å². The number of hydrogen-bond donors (Lipinski definition) is 2. The Balaban J connectivity index is 1.72. The summed E-state index contributed by atoms with van der Waals surface area (Å²) in [6.07, 6.45) is 2.52. The molecular formula is C16H18N6O2. The van der Waals surface area contributed by atoms with Gasteiger partial charge in [-0.3, -0.25) is 9.78 Å². The summed E-state index contributed by atoms with van der Waals surface area (Å²) in [5.74, 6) is 1.13. The topological polar surface area (TPSA) is 107 Å². The first-order valence-corrected chi connectivity index (χ1v) is 7.65. The number of rotatable bonds is 5. The van der Waals surface area contributed by atoms with Crippen LogP contribution in [0.15, 0.2) is 29.2 Å². The Morgan fingerprint density at radius 2 is 2.46 bits per heavy atom. The highest BCUT2D eigenvalue weighted by Crippen LogP contribution is 2.20. The second-order valence-corrected chi connectivity index (χ2v) is 5.58. The van der Waals surface area contributed by atoms with Gasteiger partial charge in [-0.2, -0.15) is 5.26 Å². The summed E-state index contributed by atoms with van der Waals surface area (Å²) in [7, 11) is 1.57. The second-order valence-electron chi connectivity index (χ2n) is 5.58. The maximum Gasteiger partial charge on any atom is 0.252 e. The molecule has 0 spiro atoms. The number of aromatic nitrogens is 3. The third kappa shape index (κ3) is 3.52. The van der Waals surface area contributed by atoms with Gasteiger partial charge in [-0.1, -0.05) is 0 Å². The van der Waals surface area contributed by atoms with Gasteiger partial charge in [0, 0.05) is 38.5 Å². The van der Waals surface area contributed by atoms with E-state index in [1.54, 1.807) is 25.4 Å². The van der Waals surface area contributed by atoms with E-state index < -0.39 is 0 Å². The molecule has 1 aliphatic heterocycles. The standard InChI is InChI=1S/C16H18N6O2/c1-24-10-13-7-14(23)21-16(20-13)22-6-4-12(9-22)19-15-11(8-17)3-2-5-18-15/h2-3,5,7,12H,4,6,9-10H2,1H3,(H,18,19)(H,20,21,23). The zero-order chi connectivity index (χ0) is 16.9. The summed E-state index contributed by atoms with van der Waals surface area (Å²) in [5.41, 5.74) is 0.925. The summed E-state index contributed by atoms with van der Waals surface area (Å²) in [4.78, 5) is 25.2.